The van der Waals surface area contributed by atoms with Crippen molar-refractivity contribution in [3.05, 3.63) is 48.4 Å². The Morgan fingerprint density at radius 1 is 1.16 bits per heavy atom. The van der Waals surface area contributed by atoms with Gasteiger partial charge in [-0.3, -0.25) is 4.98 Å². The summed E-state index contributed by atoms with van der Waals surface area (Å²) in [6.07, 6.45) is 5.76. The number of hydrogen-bond donors (Lipinski definition) is 0. The van der Waals surface area contributed by atoms with Crippen LogP contribution in [0.1, 0.15) is 25.5 Å². The first-order valence-electron chi connectivity index (χ1n) is 6.54. The lowest BCUT2D eigenvalue weighted by atomic mass is 10.2. The average molecular weight is 276 g/mol. The summed E-state index contributed by atoms with van der Waals surface area (Å²) in [6, 6.07) is 10.3. The Labute approximate surface area is 119 Å². The first-order valence-corrected chi connectivity index (χ1v) is 7.08. The van der Waals surface area contributed by atoms with E-state index in [9.17, 15) is 0 Å². The molecule has 100 valence electrons. The minimum atomic E-state index is 0.386. The van der Waals surface area contributed by atoms with Gasteiger partial charge in [0.2, 0.25) is 0 Å². The van der Waals surface area contributed by atoms with Crippen LogP contribution in [0.2, 0.25) is 0 Å². The number of aromatic nitrogens is 2. The average Bonchev–Trinajstić information content (AvgIpc) is 2.49. The zero-order valence-electron chi connectivity index (χ0n) is 11.1. The topological polar surface area (TPSA) is 29.0 Å². The number of benzene rings is 1. The van der Waals surface area contributed by atoms with Crippen molar-refractivity contribution < 1.29 is 0 Å². The Morgan fingerprint density at radius 3 is 2.63 bits per heavy atom. The highest BCUT2D eigenvalue weighted by molar-refractivity contribution is 6.16. The molecule has 0 unspecified atom stereocenters. The third-order valence-electron chi connectivity index (χ3n) is 2.89. The predicted octanol–water partition coefficient (Wildman–Crippen LogP) is 4.15. The molecular formula is C15H18ClN3. The maximum atomic E-state index is 5.83. The predicted molar refractivity (Wildman–Crippen MR) is 79.9 cm³/mol. The van der Waals surface area contributed by atoms with Crippen LogP contribution in [0.3, 0.4) is 0 Å². The summed E-state index contributed by atoms with van der Waals surface area (Å²) in [6.45, 7) is 3.12. The molecule has 1 heterocycles. The molecule has 0 atom stereocenters. The molecule has 1 aromatic carbocycles. The summed E-state index contributed by atoms with van der Waals surface area (Å²) >= 11 is 5.83. The Bertz CT molecular complexity index is 502. The lowest BCUT2D eigenvalue weighted by Crippen LogP contribution is -2.20. The number of rotatable bonds is 6. The fourth-order valence-electron chi connectivity index (χ4n) is 1.89. The Morgan fingerprint density at radius 2 is 1.95 bits per heavy atom. The minimum Gasteiger partial charge on any atom is -0.325 e. The molecule has 0 amide bonds. The van der Waals surface area contributed by atoms with Crippen molar-refractivity contribution in [2.45, 2.75) is 25.6 Å². The molecular weight excluding hydrogens is 258 g/mol. The molecule has 0 spiro atoms. The summed E-state index contributed by atoms with van der Waals surface area (Å²) in [5.41, 5.74) is 1.94. The van der Waals surface area contributed by atoms with Gasteiger partial charge in [-0.15, -0.1) is 11.6 Å². The van der Waals surface area contributed by atoms with Crippen molar-refractivity contribution in [3.8, 4) is 0 Å². The van der Waals surface area contributed by atoms with E-state index in [1.807, 2.05) is 18.2 Å². The standard InChI is InChI=1S/C15H18ClN3/c1-2-3-9-19(14-7-5-4-6-8-14)15-12-17-11-13(10-16)18-15/h4-8,11-12H,2-3,9-10H2,1H3. The second-order valence-electron chi connectivity index (χ2n) is 4.34. The van der Waals surface area contributed by atoms with Crippen LogP contribution >= 0.6 is 11.6 Å². The summed E-state index contributed by atoms with van der Waals surface area (Å²) in [4.78, 5) is 11.0. The van der Waals surface area contributed by atoms with Gasteiger partial charge in [-0.25, -0.2) is 4.98 Å². The lowest BCUT2D eigenvalue weighted by molar-refractivity contribution is 0.776. The normalized spacial score (nSPS) is 10.4. The van der Waals surface area contributed by atoms with Crippen LogP contribution in [0.5, 0.6) is 0 Å². The van der Waals surface area contributed by atoms with E-state index in [-0.39, 0.29) is 0 Å². The highest BCUT2D eigenvalue weighted by Gasteiger charge is 2.10. The quantitative estimate of drug-likeness (QED) is 0.742. The van der Waals surface area contributed by atoms with Crippen LogP contribution in [0.15, 0.2) is 42.7 Å². The van der Waals surface area contributed by atoms with Crippen LogP contribution in [-0.2, 0) is 5.88 Å². The molecule has 2 aromatic rings. The second kappa shape index (κ2) is 7.10. The van der Waals surface area contributed by atoms with E-state index >= 15 is 0 Å². The van der Waals surface area contributed by atoms with E-state index in [0.29, 0.717) is 5.88 Å². The van der Waals surface area contributed by atoms with Gasteiger partial charge in [-0.2, -0.15) is 0 Å². The number of halogens is 1. The van der Waals surface area contributed by atoms with Gasteiger partial charge < -0.3 is 4.90 Å². The van der Waals surface area contributed by atoms with Crippen LogP contribution in [0.4, 0.5) is 11.5 Å². The van der Waals surface area contributed by atoms with Gasteiger partial charge >= 0.3 is 0 Å². The Kier molecular flexibility index (Phi) is 5.16. The van der Waals surface area contributed by atoms with E-state index in [1.165, 1.54) is 0 Å². The Hall–Kier alpha value is -1.61. The molecule has 0 saturated carbocycles. The molecule has 0 aliphatic carbocycles. The molecule has 0 bridgehead atoms. The van der Waals surface area contributed by atoms with Gasteiger partial charge in [-0.05, 0) is 18.6 Å². The zero-order chi connectivity index (χ0) is 13.5. The summed E-state index contributed by atoms with van der Waals surface area (Å²) in [5.74, 6) is 1.25. The molecule has 0 aliphatic heterocycles. The van der Waals surface area contributed by atoms with Gasteiger partial charge in [-0.1, -0.05) is 31.5 Å². The molecule has 0 saturated heterocycles. The third-order valence-corrected chi connectivity index (χ3v) is 3.16. The van der Waals surface area contributed by atoms with E-state index in [0.717, 1.165) is 36.6 Å². The van der Waals surface area contributed by atoms with Crippen molar-refractivity contribution in [3.63, 3.8) is 0 Å². The van der Waals surface area contributed by atoms with Crippen LogP contribution in [-0.4, -0.2) is 16.5 Å². The Balaban J connectivity index is 2.31. The first-order chi connectivity index (χ1) is 9.35. The molecule has 3 nitrogen and oxygen atoms in total. The molecule has 4 heteroatoms. The molecule has 1 aromatic heterocycles. The smallest absolute Gasteiger partial charge is 0.151 e. The molecule has 0 radical (unpaired) electrons. The van der Waals surface area contributed by atoms with Gasteiger partial charge in [0.1, 0.15) is 0 Å². The van der Waals surface area contributed by atoms with Crippen LogP contribution < -0.4 is 4.90 Å². The molecule has 0 fully saturated rings. The lowest BCUT2D eigenvalue weighted by Gasteiger charge is -2.23. The first kappa shape index (κ1) is 13.8. The molecule has 19 heavy (non-hydrogen) atoms. The second-order valence-corrected chi connectivity index (χ2v) is 4.61. The molecule has 0 N–H and O–H groups in total. The van der Waals surface area contributed by atoms with Gasteiger partial charge in [0.05, 0.1) is 17.8 Å². The number of para-hydroxylation sites is 1. The van der Waals surface area contributed by atoms with E-state index in [1.54, 1.807) is 12.4 Å². The van der Waals surface area contributed by atoms with E-state index in [2.05, 4.69) is 33.9 Å². The van der Waals surface area contributed by atoms with Crippen molar-refractivity contribution in [1.82, 2.24) is 9.97 Å². The fourth-order valence-corrected chi connectivity index (χ4v) is 2.02. The van der Waals surface area contributed by atoms with Crippen molar-refractivity contribution in [1.29, 1.82) is 0 Å². The van der Waals surface area contributed by atoms with E-state index < -0.39 is 0 Å². The van der Waals surface area contributed by atoms with Crippen molar-refractivity contribution in [2.75, 3.05) is 11.4 Å². The third kappa shape index (κ3) is 3.67. The van der Waals surface area contributed by atoms with Crippen LogP contribution in [0, 0.1) is 0 Å². The highest BCUT2D eigenvalue weighted by atomic mass is 35.5. The SMILES string of the molecule is CCCCN(c1ccccc1)c1cncc(CCl)n1. The zero-order valence-corrected chi connectivity index (χ0v) is 11.8. The number of nitrogens with zero attached hydrogens (tertiary/aromatic N) is 3. The maximum Gasteiger partial charge on any atom is 0.151 e. The summed E-state index contributed by atoms with van der Waals surface area (Å²) in [7, 11) is 0. The summed E-state index contributed by atoms with van der Waals surface area (Å²) < 4.78 is 0. The van der Waals surface area contributed by atoms with Gasteiger partial charge in [0.15, 0.2) is 5.82 Å². The van der Waals surface area contributed by atoms with Gasteiger partial charge in [0, 0.05) is 18.4 Å². The number of hydrogen-bond acceptors (Lipinski definition) is 3. The van der Waals surface area contributed by atoms with Crippen LogP contribution in [0.25, 0.3) is 0 Å². The summed E-state index contributed by atoms with van der Waals surface area (Å²) in [5, 5.41) is 0. The largest absolute Gasteiger partial charge is 0.325 e. The molecule has 2 rings (SSSR count). The van der Waals surface area contributed by atoms with E-state index in [4.69, 9.17) is 11.6 Å². The number of alkyl halides is 1. The van der Waals surface area contributed by atoms with Crippen molar-refractivity contribution in [2.24, 2.45) is 0 Å². The fraction of sp³-hybridized carbons (Fsp3) is 0.333. The number of anilines is 2. The minimum absolute atomic E-state index is 0.386. The number of unbranched alkanes of at least 4 members (excludes halogenated alkanes) is 1. The maximum absolute atomic E-state index is 5.83. The van der Waals surface area contributed by atoms with Gasteiger partial charge in [0.25, 0.3) is 0 Å². The highest BCUT2D eigenvalue weighted by Crippen LogP contribution is 2.23. The monoisotopic (exact) mass is 275 g/mol. The van der Waals surface area contributed by atoms with Crippen molar-refractivity contribution >= 4 is 23.1 Å². The molecule has 0 aliphatic rings.